The van der Waals surface area contributed by atoms with Crippen molar-refractivity contribution in [2.75, 3.05) is 26.4 Å². The zero-order valence-electron chi connectivity index (χ0n) is 15.9. The molecule has 27 heavy (non-hydrogen) atoms. The first-order valence-electron chi connectivity index (χ1n) is 9.09. The third-order valence-corrected chi connectivity index (χ3v) is 3.56. The molecule has 2 aromatic carbocycles. The highest BCUT2D eigenvalue weighted by Crippen LogP contribution is 2.16. The summed E-state index contributed by atoms with van der Waals surface area (Å²) in [6.07, 6.45) is 1.66. The Morgan fingerprint density at radius 2 is 1.59 bits per heavy atom. The van der Waals surface area contributed by atoms with Crippen molar-refractivity contribution < 1.29 is 23.7 Å². The second-order valence-corrected chi connectivity index (χ2v) is 5.62. The Morgan fingerprint density at radius 3 is 2.26 bits per heavy atom. The number of hydrogen-bond acceptors (Lipinski definition) is 5. The molecular weight excluding hydrogens is 344 g/mol. The molecule has 5 heteroatoms. The summed E-state index contributed by atoms with van der Waals surface area (Å²) in [7, 11) is 0. The number of ether oxygens (including phenoxy) is 4. The number of carbonyl (C=O) groups is 1. The third-order valence-electron chi connectivity index (χ3n) is 3.56. The fourth-order valence-electron chi connectivity index (χ4n) is 2.31. The van der Waals surface area contributed by atoms with Gasteiger partial charge in [0.25, 0.3) is 0 Å². The van der Waals surface area contributed by atoms with Crippen LogP contribution in [0.4, 0.5) is 0 Å². The summed E-state index contributed by atoms with van der Waals surface area (Å²) in [6, 6.07) is 17.4. The summed E-state index contributed by atoms with van der Waals surface area (Å²) in [5.74, 6) is 0.474. The van der Waals surface area contributed by atoms with Gasteiger partial charge in [0.1, 0.15) is 12.4 Å². The fraction of sp³-hybridized carbons (Fsp3) is 0.318. The lowest BCUT2D eigenvalue weighted by atomic mass is 10.2. The predicted molar refractivity (Wildman–Crippen MR) is 104 cm³/mol. The molecule has 0 radical (unpaired) electrons. The van der Waals surface area contributed by atoms with Gasteiger partial charge in [-0.15, -0.1) is 0 Å². The first-order valence-corrected chi connectivity index (χ1v) is 9.09. The largest absolute Gasteiger partial charge is 0.491 e. The molecule has 0 fully saturated rings. The summed E-state index contributed by atoms with van der Waals surface area (Å²) in [5.41, 5.74) is 1.97. The molecule has 0 aliphatic carbocycles. The van der Waals surface area contributed by atoms with Gasteiger partial charge in [0, 0.05) is 0 Å². The molecule has 2 rings (SSSR count). The maximum absolute atomic E-state index is 11.9. The van der Waals surface area contributed by atoms with Crippen molar-refractivity contribution in [2.45, 2.75) is 20.5 Å². The van der Waals surface area contributed by atoms with Crippen LogP contribution in [-0.2, 0) is 25.6 Å². The van der Waals surface area contributed by atoms with Crippen molar-refractivity contribution in [1.29, 1.82) is 0 Å². The zero-order valence-corrected chi connectivity index (χ0v) is 15.9. The van der Waals surface area contributed by atoms with E-state index in [0.29, 0.717) is 33.0 Å². The van der Waals surface area contributed by atoms with Crippen molar-refractivity contribution in [3.63, 3.8) is 0 Å². The molecule has 0 bridgehead atoms. The molecular formula is C22H26O5. The van der Waals surface area contributed by atoms with Gasteiger partial charge in [-0.2, -0.15) is 0 Å². The summed E-state index contributed by atoms with van der Waals surface area (Å²) in [5, 5.41) is 0. The van der Waals surface area contributed by atoms with E-state index in [4.69, 9.17) is 18.9 Å². The van der Waals surface area contributed by atoms with E-state index in [1.807, 2.05) is 61.5 Å². The third kappa shape index (κ3) is 7.54. The minimum atomic E-state index is -0.463. The lowest BCUT2D eigenvalue weighted by Crippen LogP contribution is -2.10. The van der Waals surface area contributed by atoms with Gasteiger partial charge < -0.3 is 18.9 Å². The van der Waals surface area contributed by atoms with Crippen molar-refractivity contribution >= 4 is 12.0 Å². The lowest BCUT2D eigenvalue weighted by molar-refractivity contribution is -0.142. The molecule has 0 saturated heterocycles. The number of hydrogen-bond donors (Lipinski definition) is 0. The van der Waals surface area contributed by atoms with E-state index in [9.17, 15) is 4.79 Å². The Kier molecular flexibility index (Phi) is 8.93. The summed E-state index contributed by atoms with van der Waals surface area (Å²) < 4.78 is 21.6. The maximum Gasteiger partial charge on any atom is 0.373 e. The normalized spacial score (nSPS) is 11.1. The molecule has 5 nitrogen and oxygen atoms in total. The molecule has 0 unspecified atom stereocenters. The molecule has 0 aliphatic rings. The highest BCUT2D eigenvalue weighted by molar-refractivity contribution is 5.91. The van der Waals surface area contributed by atoms with E-state index in [0.717, 1.165) is 16.9 Å². The first kappa shape index (κ1) is 20.5. The minimum absolute atomic E-state index is 0.197. The second kappa shape index (κ2) is 11.8. The van der Waals surface area contributed by atoms with Crippen LogP contribution in [-0.4, -0.2) is 32.4 Å². The summed E-state index contributed by atoms with van der Waals surface area (Å²) in [6.45, 7) is 5.84. The molecule has 0 heterocycles. The van der Waals surface area contributed by atoms with Gasteiger partial charge in [0.05, 0.1) is 26.4 Å². The molecule has 0 saturated carbocycles. The minimum Gasteiger partial charge on any atom is -0.491 e. The van der Waals surface area contributed by atoms with Gasteiger partial charge in [0.2, 0.25) is 5.76 Å². The monoisotopic (exact) mass is 370 g/mol. The molecule has 2 aromatic rings. The smallest absolute Gasteiger partial charge is 0.373 e. The topological polar surface area (TPSA) is 54.0 Å². The maximum atomic E-state index is 11.9. The van der Waals surface area contributed by atoms with E-state index in [1.165, 1.54) is 0 Å². The van der Waals surface area contributed by atoms with Crippen LogP contribution in [0.15, 0.2) is 60.4 Å². The number of benzene rings is 2. The molecule has 0 atom stereocenters. The van der Waals surface area contributed by atoms with E-state index in [2.05, 4.69) is 0 Å². The van der Waals surface area contributed by atoms with Gasteiger partial charge in [-0.3, -0.25) is 0 Å². The van der Waals surface area contributed by atoms with Crippen molar-refractivity contribution in [3.8, 4) is 5.75 Å². The van der Waals surface area contributed by atoms with Crippen LogP contribution in [0.5, 0.6) is 5.75 Å². The predicted octanol–water partition coefficient (Wildman–Crippen LogP) is 4.22. The number of carbonyl (C=O) groups excluding carboxylic acids is 1. The molecule has 0 N–H and O–H groups in total. The highest BCUT2D eigenvalue weighted by atomic mass is 16.6. The average Bonchev–Trinajstić information content (AvgIpc) is 2.69. The molecule has 0 amide bonds. The molecule has 144 valence electrons. The van der Waals surface area contributed by atoms with Gasteiger partial charge in [-0.25, -0.2) is 4.79 Å². The van der Waals surface area contributed by atoms with Crippen molar-refractivity contribution in [1.82, 2.24) is 0 Å². The Morgan fingerprint density at radius 1 is 0.889 bits per heavy atom. The van der Waals surface area contributed by atoms with Crippen LogP contribution >= 0.6 is 0 Å². The standard InChI is InChI=1S/C22H26O5/c1-3-25-21(22(23)26-4-2)16-18-10-12-20(13-11-18)27-15-14-24-17-19-8-6-5-7-9-19/h5-13,16H,3-4,14-15,17H2,1-2H3. The second-order valence-electron chi connectivity index (χ2n) is 5.62. The molecule has 0 aromatic heterocycles. The molecule has 0 spiro atoms. The van der Waals surface area contributed by atoms with E-state index in [-0.39, 0.29) is 5.76 Å². The van der Waals surface area contributed by atoms with Crippen LogP contribution in [0.3, 0.4) is 0 Å². The lowest BCUT2D eigenvalue weighted by Gasteiger charge is -2.09. The van der Waals surface area contributed by atoms with E-state index < -0.39 is 5.97 Å². The van der Waals surface area contributed by atoms with Crippen LogP contribution < -0.4 is 4.74 Å². The first-order chi connectivity index (χ1) is 13.2. The Balaban J connectivity index is 1.79. The average molecular weight is 370 g/mol. The Bertz CT molecular complexity index is 707. The quantitative estimate of drug-likeness (QED) is 0.256. The summed E-state index contributed by atoms with van der Waals surface area (Å²) >= 11 is 0. The highest BCUT2D eigenvalue weighted by Gasteiger charge is 2.11. The van der Waals surface area contributed by atoms with Crippen molar-refractivity contribution in [2.24, 2.45) is 0 Å². The van der Waals surface area contributed by atoms with E-state index >= 15 is 0 Å². The SMILES string of the molecule is CCOC(=O)C(=Cc1ccc(OCCOCc2ccccc2)cc1)OCC. The van der Waals surface area contributed by atoms with E-state index in [1.54, 1.807) is 13.0 Å². The van der Waals surface area contributed by atoms with Crippen molar-refractivity contribution in [3.05, 3.63) is 71.5 Å². The number of rotatable bonds is 11. The van der Waals surface area contributed by atoms with Crippen LogP contribution in [0.2, 0.25) is 0 Å². The van der Waals surface area contributed by atoms with Gasteiger partial charge in [0.15, 0.2) is 0 Å². The van der Waals surface area contributed by atoms with Gasteiger partial charge in [-0.1, -0.05) is 42.5 Å². The number of esters is 1. The van der Waals surface area contributed by atoms with Gasteiger partial charge >= 0.3 is 5.97 Å². The Hall–Kier alpha value is -2.79. The summed E-state index contributed by atoms with van der Waals surface area (Å²) in [4.78, 5) is 11.9. The zero-order chi connectivity index (χ0) is 19.3. The van der Waals surface area contributed by atoms with Crippen LogP contribution in [0.25, 0.3) is 6.08 Å². The fourth-order valence-corrected chi connectivity index (χ4v) is 2.31. The van der Waals surface area contributed by atoms with Gasteiger partial charge in [-0.05, 0) is 43.2 Å². The molecule has 0 aliphatic heterocycles. The Labute approximate surface area is 160 Å². The van der Waals surface area contributed by atoms with Crippen LogP contribution in [0, 0.1) is 0 Å². The van der Waals surface area contributed by atoms with Crippen LogP contribution in [0.1, 0.15) is 25.0 Å².